The van der Waals surface area contributed by atoms with Gasteiger partial charge in [-0.3, -0.25) is 4.90 Å². The van der Waals surface area contributed by atoms with Gasteiger partial charge in [-0.1, -0.05) is 12.1 Å². The van der Waals surface area contributed by atoms with Crippen molar-refractivity contribution in [2.75, 3.05) is 20.2 Å². The van der Waals surface area contributed by atoms with Crippen molar-refractivity contribution in [3.05, 3.63) is 40.7 Å². The summed E-state index contributed by atoms with van der Waals surface area (Å²) in [6.45, 7) is 2.48. The lowest BCUT2D eigenvalue weighted by Crippen LogP contribution is -2.64. The Morgan fingerprint density at radius 2 is 2.23 bits per heavy atom. The number of likely N-dealkylation sites (tertiary alicyclic amines) is 1. The number of allylic oxidation sites excluding steroid dienone is 1. The van der Waals surface area contributed by atoms with Crippen molar-refractivity contribution in [1.29, 1.82) is 0 Å². The third-order valence-electron chi connectivity index (χ3n) is 7.76. The molecule has 0 radical (unpaired) electrons. The number of methoxy groups -OCH3 is 1. The molecule has 0 amide bonds. The first-order valence-corrected chi connectivity index (χ1v) is 10.2. The fourth-order valence-corrected chi connectivity index (χ4v) is 6.45. The lowest BCUT2D eigenvalue weighted by Gasteiger charge is -2.57. The number of rotatable bonds is 4. The van der Waals surface area contributed by atoms with E-state index in [4.69, 9.17) is 9.47 Å². The molecule has 1 N–H and O–H groups in total. The summed E-state index contributed by atoms with van der Waals surface area (Å²) in [5.74, 6) is 3.48. The van der Waals surface area contributed by atoms with Gasteiger partial charge in [-0.2, -0.15) is 0 Å². The second-order valence-electron chi connectivity index (χ2n) is 8.90. The minimum absolute atomic E-state index is 0.0152. The van der Waals surface area contributed by atoms with E-state index < -0.39 is 0 Å². The zero-order valence-corrected chi connectivity index (χ0v) is 15.4. The van der Waals surface area contributed by atoms with Crippen LogP contribution in [-0.2, 0) is 23.2 Å². The third-order valence-corrected chi connectivity index (χ3v) is 7.76. The van der Waals surface area contributed by atoms with E-state index in [1.54, 1.807) is 7.11 Å². The normalized spacial score (nSPS) is 37.0. The molecule has 2 heterocycles. The molecular weight excluding hydrogens is 326 g/mol. The van der Waals surface area contributed by atoms with Crippen molar-refractivity contribution in [3.8, 4) is 5.75 Å². The van der Waals surface area contributed by atoms with Gasteiger partial charge >= 0.3 is 0 Å². The lowest BCUT2D eigenvalue weighted by molar-refractivity contribution is -0.0376. The Labute approximate surface area is 154 Å². The van der Waals surface area contributed by atoms with Crippen LogP contribution in [0.4, 0.5) is 0 Å². The predicted octanol–water partition coefficient (Wildman–Crippen LogP) is 2.77. The van der Waals surface area contributed by atoms with Gasteiger partial charge in [0.25, 0.3) is 0 Å². The number of aliphatic hydroxyl groups excluding tert-OH is 1. The second-order valence-corrected chi connectivity index (χ2v) is 8.90. The number of hydrogen-bond acceptors (Lipinski definition) is 4. The maximum absolute atomic E-state index is 9.87. The van der Waals surface area contributed by atoms with Gasteiger partial charge in [-0.15, -0.1) is 0 Å². The molecule has 138 valence electrons. The number of ether oxygens (including phenoxy) is 2. The quantitative estimate of drug-likeness (QED) is 0.904. The van der Waals surface area contributed by atoms with Gasteiger partial charge in [0.1, 0.15) is 11.5 Å². The van der Waals surface area contributed by atoms with E-state index >= 15 is 0 Å². The van der Waals surface area contributed by atoms with Gasteiger partial charge in [-0.05, 0) is 62.1 Å². The van der Waals surface area contributed by atoms with Gasteiger partial charge < -0.3 is 14.6 Å². The molecule has 2 bridgehead atoms. The van der Waals surface area contributed by atoms with Gasteiger partial charge in [0.15, 0.2) is 6.10 Å². The number of piperidine rings is 1. The Morgan fingerprint density at radius 1 is 1.35 bits per heavy atom. The molecule has 2 aliphatic heterocycles. The van der Waals surface area contributed by atoms with E-state index in [2.05, 4.69) is 23.1 Å². The van der Waals surface area contributed by atoms with Gasteiger partial charge in [-0.25, -0.2) is 0 Å². The highest BCUT2D eigenvalue weighted by Gasteiger charge is 2.64. The summed E-state index contributed by atoms with van der Waals surface area (Å²) in [4.78, 5) is 2.79. The van der Waals surface area contributed by atoms with Crippen LogP contribution in [0.25, 0.3) is 0 Å². The Bertz CT molecular complexity index is 799. The molecule has 5 aliphatic rings. The van der Waals surface area contributed by atoms with E-state index in [9.17, 15) is 5.11 Å². The highest BCUT2D eigenvalue weighted by molar-refractivity contribution is 5.59. The number of aliphatic hydroxyl groups is 1. The van der Waals surface area contributed by atoms with Gasteiger partial charge in [0, 0.05) is 29.1 Å². The van der Waals surface area contributed by atoms with Crippen LogP contribution in [0.3, 0.4) is 0 Å². The Morgan fingerprint density at radius 3 is 3.00 bits per heavy atom. The molecule has 1 aromatic carbocycles. The topological polar surface area (TPSA) is 41.9 Å². The lowest BCUT2D eigenvalue weighted by atomic mass is 9.53. The van der Waals surface area contributed by atoms with Crippen molar-refractivity contribution in [2.45, 2.75) is 56.3 Å². The Kier molecular flexibility index (Phi) is 3.14. The minimum Gasteiger partial charge on any atom is -0.497 e. The van der Waals surface area contributed by atoms with Crippen molar-refractivity contribution in [1.82, 2.24) is 4.90 Å². The molecule has 4 atom stereocenters. The molecular formula is C22H27NO3. The van der Waals surface area contributed by atoms with Crippen LogP contribution >= 0.6 is 0 Å². The van der Waals surface area contributed by atoms with Crippen LogP contribution in [0, 0.1) is 11.8 Å². The molecule has 3 unspecified atom stereocenters. The summed E-state index contributed by atoms with van der Waals surface area (Å²) in [6.07, 6.45) is 8.44. The number of nitrogens with zero attached hydrogens (tertiary/aromatic N) is 1. The number of benzene rings is 1. The average Bonchev–Trinajstić information content (AvgIpc) is 3.41. The third kappa shape index (κ3) is 1.82. The first kappa shape index (κ1) is 15.5. The molecule has 2 fully saturated rings. The molecule has 1 saturated carbocycles. The summed E-state index contributed by atoms with van der Waals surface area (Å²) < 4.78 is 12.3. The van der Waals surface area contributed by atoms with Gasteiger partial charge in [0.05, 0.1) is 13.7 Å². The van der Waals surface area contributed by atoms with E-state index in [0.29, 0.717) is 12.0 Å². The van der Waals surface area contributed by atoms with Crippen LogP contribution in [0.1, 0.15) is 42.4 Å². The zero-order valence-electron chi connectivity index (χ0n) is 15.4. The first-order chi connectivity index (χ1) is 12.8. The van der Waals surface area contributed by atoms with E-state index in [1.165, 1.54) is 30.5 Å². The highest BCUT2D eigenvalue weighted by Crippen LogP contribution is 2.63. The fourth-order valence-electron chi connectivity index (χ4n) is 6.45. The summed E-state index contributed by atoms with van der Waals surface area (Å²) in [6, 6.07) is 4.94. The van der Waals surface area contributed by atoms with E-state index in [1.807, 2.05) is 0 Å². The minimum atomic E-state index is -0.0152. The summed E-state index contributed by atoms with van der Waals surface area (Å²) in [5, 5.41) is 9.87. The maximum Gasteiger partial charge on any atom is 0.165 e. The molecule has 4 nitrogen and oxygen atoms in total. The summed E-state index contributed by atoms with van der Waals surface area (Å²) in [5.41, 5.74) is 3.82. The SMILES string of the molecule is COC1=CCC2C3Cc4ccc(CO)c5c4[C@]2(CCN3CC2CC2)C1O5. The van der Waals surface area contributed by atoms with Crippen molar-refractivity contribution >= 4 is 0 Å². The second kappa shape index (κ2) is 5.26. The first-order valence-electron chi connectivity index (χ1n) is 10.2. The Balaban J connectivity index is 1.53. The highest BCUT2D eigenvalue weighted by atomic mass is 16.5. The molecule has 1 saturated heterocycles. The maximum atomic E-state index is 9.87. The van der Waals surface area contributed by atoms with Crippen LogP contribution < -0.4 is 4.74 Å². The Hall–Kier alpha value is -1.52. The zero-order chi connectivity index (χ0) is 17.5. The van der Waals surface area contributed by atoms with Crippen molar-refractivity contribution in [3.63, 3.8) is 0 Å². The fraction of sp³-hybridized carbons (Fsp3) is 0.636. The molecule has 3 aliphatic carbocycles. The molecule has 4 heteroatoms. The van der Waals surface area contributed by atoms with Crippen molar-refractivity contribution in [2.24, 2.45) is 11.8 Å². The van der Waals surface area contributed by atoms with Crippen LogP contribution in [0.2, 0.25) is 0 Å². The van der Waals surface area contributed by atoms with E-state index in [-0.39, 0.29) is 18.1 Å². The van der Waals surface area contributed by atoms with Gasteiger partial charge in [0.2, 0.25) is 0 Å². The van der Waals surface area contributed by atoms with Crippen LogP contribution in [-0.4, -0.2) is 42.4 Å². The molecule has 6 rings (SSSR count). The molecule has 0 aromatic heterocycles. The van der Waals surface area contributed by atoms with Crippen LogP contribution in [0.5, 0.6) is 5.75 Å². The smallest absolute Gasteiger partial charge is 0.165 e. The molecule has 1 aromatic rings. The molecule has 26 heavy (non-hydrogen) atoms. The number of hydrogen-bond donors (Lipinski definition) is 1. The molecule has 1 spiro atoms. The predicted molar refractivity (Wildman–Crippen MR) is 98.1 cm³/mol. The van der Waals surface area contributed by atoms with Crippen molar-refractivity contribution < 1.29 is 14.6 Å². The van der Waals surface area contributed by atoms with E-state index in [0.717, 1.165) is 48.8 Å². The largest absolute Gasteiger partial charge is 0.497 e. The standard InChI is InChI=1S/C22H27NO3/c1-25-18-7-6-16-17-10-14-4-5-15(12-24)20-19(14)22(16,21(18)26-20)8-9-23(17)11-13-2-3-13/h4-5,7,13,16-17,21,24H,2-3,6,8-12H2,1H3/t16?,17?,21?,22-/m1/s1. The average molecular weight is 353 g/mol. The summed E-state index contributed by atoms with van der Waals surface area (Å²) in [7, 11) is 1.77. The summed E-state index contributed by atoms with van der Waals surface area (Å²) >= 11 is 0. The monoisotopic (exact) mass is 353 g/mol. The van der Waals surface area contributed by atoms with Crippen LogP contribution in [0.15, 0.2) is 24.0 Å².